The molecule has 3 aromatic rings. The van der Waals surface area contributed by atoms with Gasteiger partial charge in [0.2, 0.25) is 0 Å². The van der Waals surface area contributed by atoms with Gasteiger partial charge in [0.15, 0.2) is 5.75 Å². The molecule has 0 radical (unpaired) electrons. The molecular formula is C23H13BrClFN2O6S. The normalized spacial score (nSPS) is 15.3. The number of barbiturate groups is 1. The van der Waals surface area contributed by atoms with Crippen LogP contribution in [-0.4, -0.2) is 26.3 Å². The van der Waals surface area contributed by atoms with E-state index in [-0.39, 0.29) is 26.4 Å². The fourth-order valence-electron chi connectivity index (χ4n) is 3.09. The molecule has 4 amide bonds. The molecule has 0 saturated carbocycles. The summed E-state index contributed by atoms with van der Waals surface area (Å²) in [6, 6.07) is 13.2. The molecule has 1 N–H and O–H groups in total. The molecule has 0 bridgehead atoms. The minimum atomic E-state index is -4.15. The maximum absolute atomic E-state index is 13.2. The van der Waals surface area contributed by atoms with Crippen molar-refractivity contribution in [1.82, 2.24) is 5.32 Å². The van der Waals surface area contributed by atoms with Gasteiger partial charge in [-0.2, -0.15) is 8.42 Å². The molecule has 1 aliphatic heterocycles. The Hall–Kier alpha value is -3.54. The highest BCUT2D eigenvalue weighted by atomic mass is 79.9. The molecule has 1 aliphatic rings. The van der Waals surface area contributed by atoms with Gasteiger partial charge in [0.1, 0.15) is 16.3 Å². The summed E-state index contributed by atoms with van der Waals surface area (Å²) in [5.41, 5.74) is 0.0490. The zero-order chi connectivity index (χ0) is 25.3. The van der Waals surface area contributed by atoms with E-state index >= 15 is 0 Å². The molecule has 12 heteroatoms. The first kappa shape index (κ1) is 24.6. The Morgan fingerprint density at radius 1 is 0.971 bits per heavy atom. The third kappa shape index (κ3) is 5.26. The van der Waals surface area contributed by atoms with E-state index < -0.39 is 33.8 Å². The van der Waals surface area contributed by atoms with Crippen molar-refractivity contribution in [1.29, 1.82) is 0 Å². The standard InChI is InChI=1S/C23H13BrClFN2O6S/c24-19-12-13(1-10-20(19)34-35(32,33)17-8-2-14(25)3-9-17)11-18-21(29)27-23(31)28(22(18)30)16-6-4-15(26)5-7-16/h1-12H,(H,27,29,31)/b18-11+. The molecule has 0 unspecified atom stereocenters. The van der Waals surface area contributed by atoms with Gasteiger partial charge in [-0.3, -0.25) is 14.9 Å². The lowest BCUT2D eigenvalue weighted by atomic mass is 10.1. The Balaban J connectivity index is 1.61. The van der Waals surface area contributed by atoms with E-state index in [1.54, 1.807) is 0 Å². The number of nitrogens with zero attached hydrogens (tertiary/aromatic N) is 1. The molecule has 1 heterocycles. The molecule has 0 aliphatic carbocycles. The number of anilines is 1. The third-order valence-electron chi connectivity index (χ3n) is 4.76. The largest absolute Gasteiger partial charge is 0.378 e. The van der Waals surface area contributed by atoms with Gasteiger partial charge in [-0.15, -0.1) is 0 Å². The molecular weight excluding hydrogens is 567 g/mol. The van der Waals surface area contributed by atoms with Crippen molar-refractivity contribution in [3.8, 4) is 5.75 Å². The van der Waals surface area contributed by atoms with Crippen molar-refractivity contribution in [3.63, 3.8) is 0 Å². The van der Waals surface area contributed by atoms with Crippen molar-refractivity contribution < 1.29 is 31.4 Å². The van der Waals surface area contributed by atoms with Crippen LogP contribution < -0.4 is 14.4 Å². The number of urea groups is 1. The molecule has 8 nitrogen and oxygen atoms in total. The van der Waals surface area contributed by atoms with Crippen LogP contribution in [0.3, 0.4) is 0 Å². The van der Waals surface area contributed by atoms with E-state index in [0.717, 1.165) is 12.1 Å². The second-order valence-electron chi connectivity index (χ2n) is 7.12. The number of hydrogen-bond donors (Lipinski definition) is 1. The van der Waals surface area contributed by atoms with E-state index in [0.29, 0.717) is 15.5 Å². The van der Waals surface area contributed by atoms with Crippen molar-refractivity contribution in [2.45, 2.75) is 4.90 Å². The molecule has 1 fully saturated rings. The maximum Gasteiger partial charge on any atom is 0.339 e. The van der Waals surface area contributed by atoms with Crippen molar-refractivity contribution in [3.05, 3.63) is 93.2 Å². The maximum atomic E-state index is 13.2. The number of amides is 4. The highest BCUT2D eigenvalue weighted by Gasteiger charge is 2.36. The van der Waals surface area contributed by atoms with Crippen LogP contribution in [0.25, 0.3) is 6.08 Å². The predicted octanol–water partition coefficient (Wildman–Crippen LogP) is 4.68. The predicted molar refractivity (Wildman–Crippen MR) is 129 cm³/mol. The summed E-state index contributed by atoms with van der Waals surface area (Å²) in [6.45, 7) is 0. The van der Waals surface area contributed by atoms with Crippen LogP contribution in [0.1, 0.15) is 5.56 Å². The van der Waals surface area contributed by atoms with Crippen LogP contribution in [0, 0.1) is 5.82 Å². The zero-order valence-corrected chi connectivity index (χ0v) is 20.5. The first-order valence-corrected chi connectivity index (χ1v) is 12.3. The van der Waals surface area contributed by atoms with Crippen LogP contribution in [0.15, 0.2) is 81.7 Å². The monoisotopic (exact) mass is 578 g/mol. The van der Waals surface area contributed by atoms with Gasteiger partial charge >= 0.3 is 16.1 Å². The van der Waals surface area contributed by atoms with E-state index in [1.165, 1.54) is 60.7 Å². The molecule has 0 aromatic heterocycles. The number of halogens is 3. The van der Waals surface area contributed by atoms with Gasteiger partial charge < -0.3 is 4.18 Å². The number of imide groups is 2. The zero-order valence-electron chi connectivity index (χ0n) is 17.4. The van der Waals surface area contributed by atoms with Gasteiger partial charge in [0, 0.05) is 5.02 Å². The Bertz CT molecular complexity index is 1490. The highest BCUT2D eigenvalue weighted by molar-refractivity contribution is 9.10. The average Bonchev–Trinajstić information content (AvgIpc) is 2.80. The van der Waals surface area contributed by atoms with Gasteiger partial charge in [-0.25, -0.2) is 14.1 Å². The van der Waals surface area contributed by atoms with Gasteiger partial charge in [-0.1, -0.05) is 17.7 Å². The number of rotatable bonds is 5. The van der Waals surface area contributed by atoms with Crippen LogP contribution in [0.5, 0.6) is 5.75 Å². The minimum Gasteiger partial charge on any atom is -0.378 e. The highest BCUT2D eigenvalue weighted by Crippen LogP contribution is 2.30. The quantitative estimate of drug-likeness (QED) is 0.267. The van der Waals surface area contributed by atoms with Crippen LogP contribution in [-0.2, 0) is 19.7 Å². The molecule has 0 atom stereocenters. The van der Waals surface area contributed by atoms with Crippen molar-refractivity contribution >= 4 is 67.3 Å². The second-order valence-corrected chi connectivity index (χ2v) is 9.95. The smallest absolute Gasteiger partial charge is 0.339 e. The fraction of sp³-hybridized carbons (Fsp3) is 0. The Labute approximate surface area is 212 Å². The molecule has 178 valence electrons. The lowest BCUT2D eigenvalue weighted by Gasteiger charge is -2.26. The Kier molecular flexibility index (Phi) is 6.75. The number of hydrogen-bond acceptors (Lipinski definition) is 6. The number of benzene rings is 3. The average molecular weight is 580 g/mol. The first-order chi connectivity index (χ1) is 16.5. The lowest BCUT2D eigenvalue weighted by molar-refractivity contribution is -0.122. The van der Waals surface area contributed by atoms with E-state index in [2.05, 4.69) is 21.2 Å². The Morgan fingerprint density at radius 3 is 2.26 bits per heavy atom. The van der Waals surface area contributed by atoms with E-state index in [1.807, 2.05) is 0 Å². The van der Waals surface area contributed by atoms with Crippen molar-refractivity contribution in [2.75, 3.05) is 4.90 Å². The van der Waals surface area contributed by atoms with Crippen LogP contribution in [0.2, 0.25) is 5.02 Å². The van der Waals surface area contributed by atoms with Crippen LogP contribution in [0.4, 0.5) is 14.9 Å². The van der Waals surface area contributed by atoms with E-state index in [4.69, 9.17) is 15.8 Å². The summed E-state index contributed by atoms with van der Waals surface area (Å²) in [6.07, 6.45) is 1.23. The van der Waals surface area contributed by atoms with Crippen LogP contribution >= 0.6 is 27.5 Å². The number of carbonyl (C=O) groups is 3. The summed E-state index contributed by atoms with van der Waals surface area (Å²) in [5.74, 6) is -2.42. The third-order valence-corrected chi connectivity index (χ3v) is 6.88. The van der Waals surface area contributed by atoms with Gasteiger partial charge in [0.25, 0.3) is 11.8 Å². The van der Waals surface area contributed by atoms with E-state index in [9.17, 15) is 27.2 Å². The molecule has 0 spiro atoms. The second kappa shape index (κ2) is 9.61. The first-order valence-electron chi connectivity index (χ1n) is 9.72. The fourth-order valence-corrected chi connectivity index (χ4v) is 4.75. The van der Waals surface area contributed by atoms with Gasteiger partial charge in [-0.05, 0) is 88.2 Å². The summed E-state index contributed by atoms with van der Waals surface area (Å²) >= 11 is 9.00. The molecule has 3 aromatic carbocycles. The summed E-state index contributed by atoms with van der Waals surface area (Å²) in [4.78, 5) is 38.1. The summed E-state index contributed by atoms with van der Waals surface area (Å²) < 4.78 is 43.7. The number of nitrogens with one attached hydrogen (secondary N) is 1. The Morgan fingerprint density at radius 2 is 1.63 bits per heavy atom. The number of carbonyl (C=O) groups excluding carboxylic acids is 3. The lowest BCUT2D eigenvalue weighted by Crippen LogP contribution is -2.54. The summed E-state index contributed by atoms with van der Waals surface area (Å²) in [5, 5.41) is 2.43. The minimum absolute atomic E-state index is 0.0374. The van der Waals surface area contributed by atoms with Gasteiger partial charge in [0.05, 0.1) is 10.2 Å². The topological polar surface area (TPSA) is 110 Å². The molecule has 1 saturated heterocycles. The SMILES string of the molecule is O=C1NC(=O)N(c2ccc(F)cc2)C(=O)/C1=C/c1ccc(OS(=O)(=O)c2ccc(Cl)cc2)c(Br)c1. The molecule has 35 heavy (non-hydrogen) atoms. The molecule has 4 rings (SSSR count). The van der Waals surface area contributed by atoms with Crippen molar-refractivity contribution in [2.24, 2.45) is 0 Å². The summed E-state index contributed by atoms with van der Waals surface area (Å²) in [7, 11) is -4.15.